The van der Waals surface area contributed by atoms with E-state index in [1.165, 1.54) is 18.1 Å². The number of unbranched alkanes of at least 4 members (excludes halogenated alkanes) is 1. The maximum Gasteiger partial charge on any atom is 0.237 e. The number of likely N-dealkylation sites (tertiary alicyclic amines) is 1. The molecule has 4 N–H and O–H groups in total. The molecule has 2 saturated heterocycles. The van der Waals surface area contributed by atoms with Gasteiger partial charge in [-0.25, -0.2) is 9.97 Å². The lowest BCUT2D eigenvalue weighted by molar-refractivity contribution is -0.205. The fraction of sp³-hybridized carbons (Fsp3) is 0.633. The van der Waals surface area contributed by atoms with Crippen LogP contribution in [0.1, 0.15) is 46.0 Å². The van der Waals surface area contributed by atoms with Crippen LogP contribution >= 0.6 is 23.5 Å². The number of aliphatic hydroxyl groups is 3. The molecule has 2 fully saturated rings. The first-order valence-corrected chi connectivity index (χ1v) is 16.6. The summed E-state index contributed by atoms with van der Waals surface area (Å²) in [7, 11) is 1.99. The second kappa shape index (κ2) is 15.1. The van der Waals surface area contributed by atoms with Gasteiger partial charge in [0, 0.05) is 28.1 Å². The van der Waals surface area contributed by atoms with Crippen molar-refractivity contribution in [1.29, 1.82) is 0 Å². The second-order valence-electron chi connectivity index (χ2n) is 11.2. The van der Waals surface area contributed by atoms with E-state index in [1.54, 1.807) is 30.4 Å². The molecule has 0 bridgehead atoms. The molecular formula is C30H44N4O5S2. The van der Waals surface area contributed by atoms with Gasteiger partial charge in [-0.1, -0.05) is 45.2 Å². The molecule has 0 aliphatic carbocycles. The number of aromatic nitrogens is 2. The normalized spacial score (nSPS) is 30.5. The third-order valence-corrected chi connectivity index (χ3v) is 10.4. The molecule has 4 rings (SSSR count). The number of ether oxygens (including phenoxy) is 1. The Labute approximate surface area is 251 Å². The monoisotopic (exact) mass is 604 g/mol. The number of thioether (sulfide) groups is 2. The van der Waals surface area contributed by atoms with Crippen LogP contribution in [-0.4, -0.2) is 103 Å². The molecule has 0 spiro atoms. The van der Waals surface area contributed by atoms with Gasteiger partial charge in [0.15, 0.2) is 0 Å². The standard InChI is InChI=1S/C30H44N4O5S2/c1-5-6-7-19-12-13-34(3)23(14-19)29(38)33-24(28-26(36)25(35)27(37)30(39-28)40-4)18(2)41-22-10-8-20(9-11-22)21-15-31-17-32-16-21/h8-11,15-19,23-28,30,35-37H,5-7,12-14H2,1-4H3,(H,33,38)/t18-,19+,23?,24+,25?,26?,27-,28?,30?/m0/s1. The summed E-state index contributed by atoms with van der Waals surface area (Å²) in [4.78, 5) is 25.1. The number of likely N-dealkylation sites (N-methyl/N-ethyl adjacent to an activating group) is 1. The highest BCUT2D eigenvalue weighted by atomic mass is 32.2. The SMILES string of the molecule is CCCC[C@@H]1CCN(C)C(C(=O)N[C@@H](C2OC(SC)[C@@H](O)C(O)C2O)[C@H](C)Sc2ccc(-c3cncnc3)cc2)C1. The number of nitrogens with one attached hydrogen (secondary N) is 1. The highest BCUT2D eigenvalue weighted by Crippen LogP contribution is 2.35. The van der Waals surface area contributed by atoms with Crippen LogP contribution in [0.3, 0.4) is 0 Å². The van der Waals surface area contributed by atoms with E-state index in [2.05, 4.69) is 27.1 Å². The van der Waals surface area contributed by atoms with Gasteiger partial charge in [0.25, 0.3) is 0 Å². The number of hydrogen-bond donors (Lipinski definition) is 4. The average molecular weight is 605 g/mol. The molecule has 226 valence electrons. The van der Waals surface area contributed by atoms with Crippen molar-refractivity contribution in [2.45, 2.75) is 98.0 Å². The molecule has 1 aromatic heterocycles. The lowest BCUT2D eigenvalue weighted by Gasteiger charge is -2.45. The Morgan fingerprint density at radius 3 is 2.49 bits per heavy atom. The van der Waals surface area contributed by atoms with Gasteiger partial charge in [-0.2, -0.15) is 0 Å². The summed E-state index contributed by atoms with van der Waals surface area (Å²) in [5.74, 6) is 0.415. The maximum atomic E-state index is 13.8. The average Bonchev–Trinajstić information content (AvgIpc) is 2.99. The highest BCUT2D eigenvalue weighted by Gasteiger charge is 2.48. The molecule has 3 heterocycles. The number of aliphatic hydroxyl groups excluding tert-OH is 3. The molecule has 2 aromatic rings. The first-order valence-electron chi connectivity index (χ1n) is 14.5. The Bertz CT molecular complexity index is 1090. The third-order valence-electron chi connectivity index (χ3n) is 8.32. The molecule has 0 radical (unpaired) electrons. The lowest BCUT2D eigenvalue weighted by Crippen LogP contribution is -2.65. The minimum absolute atomic E-state index is 0.0947. The molecule has 2 aliphatic heterocycles. The number of amides is 1. The molecule has 5 unspecified atom stereocenters. The van der Waals surface area contributed by atoms with Crippen molar-refractivity contribution in [3.05, 3.63) is 43.0 Å². The Morgan fingerprint density at radius 1 is 1.12 bits per heavy atom. The number of hydrogen-bond acceptors (Lipinski definition) is 10. The van der Waals surface area contributed by atoms with E-state index in [9.17, 15) is 20.1 Å². The number of carbonyl (C=O) groups is 1. The van der Waals surface area contributed by atoms with Gasteiger partial charge in [0.2, 0.25) is 5.91 Å². The lowest BCUT2D eigenvalue weighted by atomic mass is 9.86. The summed E-state index contributed by atoms with van der Waals surface area (Å²) in [5.41, 5.74) is 1.19. The Hall–Kier alpha value is -1.73. The minimum atomic E-state index is -1.38. The van der Waals surface area contributed by atoms with E-state index in [0.29, 0.717) is 5.92 Å². The zero-order valence-corrected chi connectivity index (χ0v) is 25.9. The zero-order chi connectivity index (χ0) is 29.5. The van der Waals surface area contributed by atoms with E-state index in [1.807, 2.05) is 38.2 Å². The van der Waals surface area contributed by atoms with Crippen LogP contribution in [0.25, 0.3) is 11.1 Å². The zero-order valence-electron chi connectivity index (χ0n) is 24.3. The van der Waals surface area contributed by atoms with Crippen molar-refractivity contribution in [1.82, 2.24) is 20.2 Å². The van der Waals surface area contributed by atoms with Crippen molar-refractivity contribution in [2.75, 3.05) is 19.8 Å². The van der Waals surface area contributed by atoms with Crippen LogP contribution < -0.4 is 5.32 Å². The van der Waals surface area contributed by atoms with E-state index in [0.717, 1.165) is 54.7 Å². The van der Waals surface area contributed by atoms with E-state index < -0.39 is 35.9 Å². The second-order valence-corrected chi connectivity index (χ2v) is 13.6. The molecule has 9 atom stereocenters. The van der Waals surface area contributed by atoms with Crippen molar-refractivity contribution < 1.29 is 24.9 Å². The highest BCUT2D eigenvalue weighted by molar-refractivity contribution is 8.00. The fourth-order valence-electron chi connectivity index (χ4n) is 5.77. The van der Waals surface area contributed by atoms with Crippen LogP contribution in [0, 0.1) is 5.92 Å². The first-order chi connectivity index (χ1) is 19.7. The fourth-order valence-corrected chi connectivity index (χ4v) is 7.54. The van der Waals surface area contributed by atoms with Gasteiger partial charge in [0.05, 0.1) is 12.1 Å². The third kappa shape index (κ3) is 8.01. The van der Waals surface area contributed by atoms with Crippen LogP contribution in [-0.2, 0) is 9.53 Å². The summed E-state index contributed by atoms with van der Waals surface area (Å²) in [6.45, 7) is 5.04. The molecule has 0 saturated carbocycles. The Balaban J connectivity index is 1.54. The predicted octanol–water partition coefficient (Wildman–Crippen LogP) is 3.18. The smallest absolute Gasteiger partial charge is 0.237 e. The van der Waals surface area contributed by atoms with E-state index >= 15 is 0 Å². The molecule has 1 amide bonds. The number of nitrogens with zero attached hydrogens (tertiary/aromatic N) is 3. The van der Waals surface area contributed by atoms with Gasteiger partial charge in [-0.05, 0) is 56.3 Å². The summed E-state index contributed by atoms with van der Waals surface area (Å²) >= 11 is 2.83. The topological polar surface area (TPSA) is 128 Å². The Morgan fingerprint density at radius 2 is 1.83 bits per heavy atom. The van der Waals surface area contributed by atoms with Crippen molar-refractivity contribution in [2.24, 2.45) is 5.92 Å². The number of carbonyl (C=O) groups excluding carboxylic acids is 1. The van der Waals surface area contributed by atoms with Crippen molar-refractivity contribution >= 4 is 29.4 Å². The van der Waals surface area contributed by atoms with Gasteiger partial charge in [-0.3, -0.25) is 9.69 Å². The quantitative estimate of drug-likeness (QED) is 0.284. The summed E-state index contributed by atoms with van der Waals surface area (Å²) < 4.78 is 6.17. The van der Waals surface area contributed by atoms with E-state index in [4.69, 9.17) is 4.74 Å². The van der Waals surface area contributed by atoms with Crippen molar-refractivity contribution in [3.8, 4) is 11.1 Å². The number of rotatable bonds is 11. The Kier molecular flexibility index (Phi) is 11.9. The maximum absolute atomic E-state index is 13.8. The summed E-state index contributed by atoms with van der Waals surface area (Å²) in [6, 6.07) is 7.14. The van der Waals surface area contributed by atoms with Gasteiger partial charge in [0.1, 0.15) is 36.2 Å². The molecule has 11 heteroatoms. The van der Waals surface area contributed by atoms with Gasteiger partial charge >= 0.3 is 0 Å². The predicted molar refractivity (Wildman–Crippen MR) is 164 cm³/mol. The van der Waals surface area contributed by atoms with Gasteiger partial charge < -0.3 is 25.4 Å². The molecule has 2 aliphatic rings. The summed E-state index contributed by atoms with van der Waals surface area (Å²) in [6.07, 6.45) is 7.26. The van der Waals surface area contributed by atoms with Crippen molar-refractivity contribution in [3.63, 3.8) is 0 Å². The largest absolute Gasteiger partial charge is 0.388 e. The van der Waals surface area contributed by atoms with Crippen LogP contribution in [0.15, 0.2) is 47.9 Å². The summed E-state index contributed by atoms with van der Waals surface area (Å²) in [5, 5.41) is 35.2. The molecule has 41 heavy (non-hydrogen) atoms. The molecular weight excluding hydrogens is 560 g/mol. The molecule has 9 nitrogen and oxygen atoms in total. The van der Waals surface area contributed by atoms with E-state index in [-0.39, 0.29) is 17.2 Å². The van der Waals surface area contributed by atoms with Crippen LogP contribution in [0.5, 0.6) is 0 Å². The minimum Gasteiger partial charge on any atom is -0.388 e. The van der Waals surface area contributed by atoms with Crippen LogP contribution in [0.2, 0.25) is 0 Å². The number of piperidine rings is 1. The molecule has 1 aromatic carbocycles. The first kappa shape index (κ1) is 32.2. The van der Waals surface area contributed by atoms with Gasteiger partial charge in [-0.15, -0.1) is 23.5 Å². The number of benzene rings is 1. The van der Waals surface area contributed by atoms with Crippen LogP contribution in [0.4, 0.5) is 0 Å².